The van der Waals surface area contributed by atoms with Gasteiger partial charge in [0.1, 0.15) is 29.1 Å². The summed E-state index contributed by atoms with van der Waals surface area (Å²) in [5.41, 5.74) is 1.38. The Labute approximate surface area is 138 Å². The number of ether oxygens (including phenoxy) is 1. The highest BCUT2D eigenvalue weighted by molar-refractivity contribution is 5.83. The van der Waals surface area contributed by atoms with Gasteiger partial charge in [-0.25, -0.2) is 0 Å². The van der Waals surface area contributed by atoms with Gasteiger partial charge in [0, 0.05) is 17.0 Å². The van der Waals surface area contributed by atoms with Crippen LogP contribution in [0.1, 0.15) is 30.0 Å². The first kappa shape index (κ1) is 16.1. The second kappa shape index (κ2) is 6.41. The maximum atomic E-state index is 11.4. The average Bonchev–Trinajstić information content (AvgIpc) is 2.92. The highest BCUT2D eigenvalue weighted by atomic mass is 16.5. The number of rotatable bonds is 5. The third-order valence-electron chi connectivity index (χ3n) is 4.02. The molecular weight excluding hydrogens is 310 g/mol. The van der Waals surface area contributed by atoms with Crippen LogP contribution in [0.2, 0.25) is 0 Å². The SMILES string of the molecule is COc1ccc2oc([C@@H](C)NCc3cc(=O)c(O)co3)c(C)c2c1. The van der Waals surface area contributed by atoms with Crippen molar-refractivity contribution in [3.8, 4) is 11.5 Å². The Morgan fingerprint density at radius 1 is 1.33 bits per heavy atom. The van der Waals surface area contributed by atoms with Crippen LogP contribution in [0.4, 0.5) is 0 Å². The highest BCUT2D eigenvalue weighted by Gasteiger charge is 2.17. The summed E-state index contributed by atoms with van der Waals surface area (Å²) < 4.78 is 16.4. The van der Waals surface area contributed by atoms with Gasteiger partial charge >= 0.3 is 0 Å². The van der Waals surface area contributed by atoms with E-state index in [0.717, 1.165) is 34.3 Å². The molecular formula is C18H19NO5. The van der Waals surface area contributed by atoms with E-state index in [1.807, 2.05) is 32.0 Å². The van der Waals surface area contributed by atoms with Crippen molar-refractivity contribution in [1.29, 1.82) is 0 Å². The highest BCUT2D eigenvalue weighted by Crippen LogP contribution is 2.31. The zero-order chi connectivity index (χ0) is 17.3. The Hall–Kier alpha value is -2.73. The topological polar surface area (TPSA) is 84.8 Å². The third-order valence-corrected chi connectivity index (χ3v) is 4.02. The van der Waals surface area contributed by atoms with Crippen molar-refractivity contribution in [3.05, 3.63) is 57.8 Å². The zero-order valence-electron chi connectivity index (χ0n) is 13.8. The minimum atomic E-state index is -0.460. The molecule has 0 aliphatic heterocycles. The molecule has 0 aliphatic carbocycles. The number of furan rings is 1. The van der Waals surface area contributed by atoms with Gasteiger partial charge in [-0.05, 0) is 32.0 Å². The van der Waals surface area contributed by atoms with Crippen LogP contribution >= 0.6 is 0 Å². The smallest absolute Gasteiger partial charge is 0.226 e. The summed E-state index contributed by atoms with van der Waals surface area (Å²) in [5, 5.41) is 13.5. The Balaban J connectivity index is 1.80. The second-order valence-electron chi connectivity index (χ2n) is 5.65. The zero-order valence-corrected chi connectivity index (χ0v) is 13.8. The van der Waals surface area contributed by atoms with Crippen LogP contribution in [0.5, 0.6) is 11.5 Å². The summed E-state index contributed by atoms with van der Waals surface area (Å²) in [4.78, 5) is 11.4. The van der Waals surface area contributed by atoms with Gasteiger partial charge in [-0.1, -0.05) is 0 Å². The second-order valence-corrected chi connectivity index (χ2v) is 5.65. The van der Waals surface area contributed by atoms with E-state index in [0.29, 0.717) is 12.3 Å². The molecule has 0 spiro atoms. The van der Waals surface area contributed by atoms with Crippen LogP contribution in [0.25, 0.3) is 11.0 Å². The predicted molar refractivity (Wildman–Crippen MR) is 89.4 cm³/mol. The van der Waals surface area contributed by atoms with Gasteiger partial charge in [0.25, 0.3) is 0 Å². The monoisotopic (exact) mass is 329 g/mol. The predicted octanol–water partition coefficient (Wildman–Crippen LogP) is 3.26. The fourth-order valence-electron chi connectivity index (χ4n) is 2.64. The molecule has 3 aromatic rings. The molecule has 6 nitrogen and oxygen atoms in total. The van der Waals surface area contributed by atoms with Crippen molar-refractivity contribution in [2.24, 2.45) is 0 Å². The molecule has 2 heterocycles. The van der Waals surface area contributed by atoms with Crippen LogP contribution in [0.3, 0.4) is 0 Å². The molecule has 1 aromatic carbocycles. The molecule has 0 unspecified atom stereocenters. The molecule has 1 atom stereocenters. The maximum Gasteiger partial charge on any atom is 0.226 e. The fourth-order valence-corrected chi connectivity index (χ4v) is 2.64. The summed E-state index contributed by atoms with van der Waals surface area (Å²) in [6.07, 6.45) is 1.04. The standard InChI is InChI=1S/C18H19NO5/c1-10-14-6-12(22-3)4-5-17(14)24-18(10)11(2)19-8-13-7-15(20)16(21)9-23-13/h4-7,9,11,19,21H,8H2,1-3H3/t11-/m1/s1. The van der Waals surface area contributed by atoms with E-state index in [2.05, 4.69) is 5.32 Å². The number of hydrogen-bond donors (Lipinski definition) is 2. The van der Waals surface area contributed by atoms with Gasteiger partial charge < -0.3 is 24.0 Å². The molecule has 0 saturated carbocycles. The molecule has 24 heavy (non-hydrogen) atoms. The van der Waals surface area contributed by atoms with Gasteiger partial charge in [0.05, 0.1) is 19.7 Å². The van der Waals surface area contributed by atoms with E-state index in [1.165, 1.54) is 6.07 Å². The largest absolute Gasteiger partial charge is 0.502 e. The summed E-state index contributed by atoms with van der Waals surface area (Å²) in [6.45, 7) is 4.32. The van der Waals surface area contributed by atoms with Crippen LogP contribution in [0, 0.1) is 6.92 Å². The number of nitrogens with one attached hydrogen (secondary N) is 1. The van der Waals surface area contributed by atoms with Crippen LogP contribution in [-0.4, -0.2) is 12.2 Å². The van der Waals surface area contributed by atoms with Crippen molar-refractivity contribution in [2.75, 3.05) is 7.11 Å². The fraction of sp³-hybridized carbons (Fsp3) is 0.278. The van der Waals surface area contributed by atoms with E-state index in [9.17, 15) is 9.90 Å². The Kier molecular flexibility index (Phi) is 4.31. The summed E-state index contributed by atoms with van der Waals surface area (Å²) >= 11 is 0. The molecule has 2 N–H and O–H groups in total. The van der Waals surface area contributed by atoms with Gasteiger partial charge in [-0.15, -0.1) is 0 Å². The van der Waals surface area contributed by atoms with Crippen LogP contribution in [-0.2, 0) is 6.54 Å². The lowest BCUT2D eigenvalue weighted by Gasteiger charge is -2.11. The molecule has 0 radical (unpaired) electrons. The number of hydrogen-bond acceptors (Lipinski definition) is 6. The van der Waals surface area contributed by atoms with Crippen molar-refractivity contribution in [1.82, 2.24) is 5.32 Å². The lowest BCUT2D eigenvalue weighted by Crippen LogP contribution is -2.19. The number of aryl methyl sites for hydroxylation is 1. The Bertz CT molecular complexity index is 925. The molecule has 0 saturated heterocycles. The van der Waals surface area contributed by atoms with E-state index in [1.54, 1.807) is 7.11 Å². The normalized spacial score (nSPS) is 12.5. The average molecular weight is 329 g/mol. The van der Waals surface area contributed by atoms with Gasteiger partial charge in [0.15, 0.2) is 5.75 Å². The quantitative estimate of drug-likeness (QED) is 0.747. The molecule has 2 aromatic heterocycles. The molecule has 3 rings (SSSR count). The summed E-state index contributed by atoms with van der Waals surface area (Å²) in [5.74, 6) is 1.65. The van der Waals surface area contributed by atoms with Gasteiger partial charge in [-0.2, -0.15) is 0 Å². The van der Waals surface area contributed by atoms with E-state index in [4.69, 9.17) is 13.6 Å². The number of aromatic hydroxyl groups is 1. The van der Waals surface area contributed by atoms with Crippen molar-refractivity contribution < 1.29 is 18.7 Å². The molecule has 0 fully saturated rings. The van der Waals surface area contributed by atoms with Gasteiger partial charge in [-0.3, -0.25) is 4.79 Å². The van der Waals surface area contributed by atoms with Gasteiger partial charge in [0.2, 0.25) is 5.43 Å². The van der Waals surface area contributed by atoms with Crippen LogP contribution < -0.4 is 15.5 Å². The molecule has 0 bridgehead atoms. The molecule has 6 heteroatoms. The van der Waals surface area contributed by atoms with E-state index < -0.39 is 11.2 Å². The molecule has 126 valence electrons. The molecule has 0 aliphatic rings. The first-order valence-electron chi connectivity index (χ1n) is 7.60. The number of benzene rings is 1. The van der Waals surface area contributed by atoms with Crippen LogP contribution in [0.15, 0.2) is 44.2 Å². The first-order chi connectivity index (χ1) is 11.5. The minimum absolute atomic E-state index is 0.0810. The van der Waals surface area contributed by atoms with Crippen molar-refractivity contribution in [3.63, 3.8) is 0 Å². The lowest BCUT2D eigenvalue weighted by molar-refractivity contribution is 0.387. The minimum Gasteiger partial charge on any atom is -0.502 e. The summed E-state index contributed by atoms with van der Waals surface area (Å²) in [7, 11) is 1.63. The maximum absolute atomic E-state index is 11.4. The first-order valence-corrected chi connectivity index (χ1v) is 7.60. The lowest BCUT2D eigenvalue weighted by atomic mass is 10.1. The van der Waals surface area contributed by atoms with Crippen molar-refractivity contribution >= 4 is 11.0 Å². The number of fused-ring (bicyclic) bond motifs is 1. The third kappa shape index (κ3) is 3.00. The Morgan fingerprint density at radius 2 is 2.12 bits per heavy atom. The number of methoxy groups -OCH3 is 1. The van der Waals surface area contributed by atoms with E-state index in [-0.39, 0.29) is 6.04 Å². The van der Waals surface area contributed by atoms with Crippen molar-refractivity contribution in [2.45, 2.75) is 26.4 Å². The Morgan fingerprint density at radius 3 is 2.83 bits per heavy atom. The summed E-state index contributed by atoms with van der Waals surface area (Å²) in [6, 6.07) is 6.88. The van der Waals surface area contributed by atoms with E-state index >= 15 is 0 Å². The molecule has 0 amide bonds.